The van der Waals surface area contributed by atoms with Gasteiger partial charge in [0.1, 0.15) is 0 Å². The van der Waals surface area contributed by atoms with Gasteiger partial charge in [0.2, 0.25) is 0 Å². The minimum atomic E-state index is 0.0396. The molecule has 110 valence electrons. The number of rotatable bonds is 3. The van der Waals surface area contributed by atoms with Crippen LogP contribution in [0.15, 0.2) is 48.5 Å². The molecule has 0 amide bonds. The molecule has 21 heavy (non-hydrogen) atoms. The first-order chi connectivity index (χ1) is 10.1. The highest BCUT2D eigenvalue weighted by atomic mass is 15.0. The van der Waals surface area contributed by atoms with Gasteiger partial charge in [-0.15, -0.1) is 0 Å². The van der Waals surface area contributed by atoms with Crippen molar-refractivity contribution in [2.45, 2.75) is 45.1 Å². The van der Waals surface area contributed by atoms with Gasteiger partial charge in [-0.2, -0.15) is 0 Å². The maximum Gasteiger partial charge on any atom is 0.0327 e. The fourth-order valence-corrected chi connectivity index (χ4v) is 3.55. The van der Waals surface area contributed by atoms with E-state index in [0.717, 1.165) is 6.54 Å². The van der Waals surface area contributed by atoms with Crippen LogP contribution in [-0.4, -0.2) is 12.6 Å². The number of benzene rings is 2. The SMILES string of the molecule is Cc1ccc(C(C)(c2ccc(C)cc2)[C@H]2CCCN2)cc1. The molecule has 0 saturated carbocycles. The molecule has 3 rings (SSSR count). The molecule has 1 atom stereocenters. The summed E-state index contributed by atoms with van der Waals surface area (Å²) in [4.78, 5) is 0. The summed E-state index contributed by atoms with van der Waals surface area (Å²) in [6.07, 6.45) is 2.52. The zero-order valence-corrected chi connectivity index (χ0v) is 13.3. The van der Waals surface area contributed by atoms with E-state index in [2.05, 4.69) is 74.6 Å². The van der Waals surface area contributed by atoms with Crippen LogP contribution in [0.3, 0.4) is 0 Å². The molecule has 2 aromatic rings. The van der Waals surface area contributed by atoms with Gasteiger partial charge in [-0.05, 0) is 51.3 Å². The lowest BCUT2D eigenvalue weighted by Gasteiger charge is -2.37. The highest BCUT2D eigenvalue weighted by Crippen LogP contribution is 2.38. The Morgan fingerprint density at radius 2 is 1.33 bits per heavy atom. The van der Waals surface area contributed by atoms with Gasteiger partial charge in [0.15, 0.2) is 0 Å². The molecule has 0 radical (unpaired) electrons. The topological polar surface area (TPSA) is 12.0 Å². The predicted molar refractivity (Wildman–Crippen MR) is 89.8 cm³/mol. The Hall–Kier alpha value is -1.60. The third-order valence-corrected chi connectivity index (χ3v) is 5.06. The first-order valence-corrected chi connectivity index (χ1v) is 7.98. The van der Waals surface area contributed by atoms with Gasteiger partial charge in [0, 0.05) is 11.5 Å². The van der Waals surface area contributed by atoms with Crippen molar-refractivity contribution in [1.29, 1.82) is 0 Å². The first kappa shape index (κ1) is 14.3. The average Bonchev–Trinajstić information content (AvgIpc) is 3.02. The Bertz CT molecular complexity index is 543. The van der Waals surface area contributed by atoms with E-state index in [-0.39, 0.29) is 5.41 Å². The predicted octanol–water partition coefficient (Wildman–Crippen LogP) is 4.36. The maximum absolute atomic E-state index is 3.72. The van der Waals surface area contributed by atoms with Crippen LogP contribution < -0.4 is 5.32 Å². The van der Waals surface area contributed by atoms with Crippen molar-refractivity contribution in [2.75, 3.05) is 6.54 Å². The molecular formula is C20H25N. The average molecular weight is 279 g/mol. The maximum atomic E-state index is 3.72. The first-order valence-electron chi connectivity index (χ1n) is 7.98. The van der Waals surface area contributed by atoms with Gasteiger partial charge >= 0.3 is 0 Å². The van der Waals surface area contributed by atoms with Crippen LogP contribution in [0.2, 0.25) is 0 Å². The van der Waals surface area contributed by atoms with Crippen LogP contribution in [0.25, 0.3) is 0 Å². The van der Waals surface area contributed by atoms with Crippen LogP contribution in [0.4, 0.5) is 0 Å². The van der Waals surface area contributed by atoms with E-state index in [1.165, 1.54) is 35.1 Å². The molecule has 1 saturated heterocycles. The van der Waals surface area contributed by atoms with Gasteiger partial charge in [-0.1, -0.05) is 59.7 Å². The third kappa shape index (κ3) is 2.63. The van der Waals surface area contributed by atoms with Gasteiger partial charge in [0.25, 0.3) is 0 Å². The summed E-state index contributed by atoms with van der Waals surface area (Å²) < 4.78 is 0. The Balaban J connectivity index is 2.09. The zero-order valence-electron chi connectivity index (χ0n) is 13.3. The molecule has 1 aliphatic heterocycles. The molecule has 2 aromatic carbocycles. The van der Waals surface area contributed by atoms with Crippen LogP contribution in [0.5, 0.6) is 0 Å². The summed E-state index contributed by atoms with van der Waals surface area (Å²) >= 11 is 0. The number of nitrogens with one attached hydrogen (secondary N) is 1. The van der Waals surface area contributed by atoms with Gasteiger partial charge in [-0.3, -0.25) is 0 Å². The number of hydrogen-bond donors (Lipinski definition) is 1. The second-order valence-electron chi connectivity index (χ2n) is 6.58. The van der Waals surface area contributed by atoms with Gasteiger partial charge in [0.05, 0.1) is 0 Å². The minimum Gasteiger partial charge on any atom is -0.313 e. The number of aryl methyl sites for hydroxylation is 2. The quantitative estimate of drug-likeness (QED) is 0.880. The van der Waals surface area contributed by atoms with Crippen molar-refractivity contribution in [2.24, 2.45) is 0 Å². The van der Waals surface area contributed by atoms with Crippen molar-refractivity contribution in [1.82, 2.24) is 5.32 Å². The van der Waals surface area contributed by atoms with E-state index in [0.29, 0.717) is 6.04 Å². The van der Waals surface area contributed by atoms with Crippen molar-refractivity contribution in [3.63, 3.8) is 0 Å². The Labute approximate surface area is 128 Å². The van der Waals surface area contributed by atoms with E-state index in [9.17, 15) is 0 Å². The molecule has 0 spiro atoms. The molecule has 1 aliphatic rings. The fourth-order valence-electron chi connectivity index (χ4n) is 3.55. The lowest BCUT2D eigenvalue weighted by molar-refractivity contribution is 0.407. The van der Waals surface area contributed by atoms with Crippen LogP contribution >= 0.6 is 0 Å². The zero-order chi connectivity index (χ0) is 14.9. The lowest BCUT2D eigenvalue weighted by atomic mass is 9.70. The molecule has 0 unspecified atom stereocenters. The number of hydrogen-bond acceptors (Lipinski definition) is 1. The summed E-state index contributed by atoms with van der Waals surface area (Å²) in [6.45, 7) is 7.84. The molecule has 0 aliphatic carbocycles. The largest absolute Gasteiger partial charge is 0.313 e. The summed E-state index contributed by atoms with van der Waals surface area (Å²) in [5.41, 5.74) is 5.51. The molecular weight excluding hydrogens is 254 g/mol. The molecule has 1 nitrogen and oxygen atoms in total. The molecule has 1 N–H and O–H groups in total. The van der Waals surface area contributed by atoms with E-state index >= 15 is 0 Å². The summed E-state index contributed by atoms with van der Waals surface area (Å²) in [7, 11) is 0. The normalized spacial score (nSPS) is 18.9. The smallest absolute Gasteiger partial charge is 0.0327 e. The van der Waals surface area contributed by atoms with E-state index in [1.54, 1.807) is 0 Å². The Morgan fingerprint density at radius 3 is 1.71 bits per heavy atom. The lowest BCUT2D eigenvalue weighted by Crippen LogP contribution is -2.43. The van der Waals surface area contributed by atoms with E-state index in [4.69, 9.17) is 0 Å². The van der Waals surface area contributed by atoms with Crippen LogP contribution in [-0.2, 0) is 5.41 Å². The summed E-state index contributed by atoms with van der Waals surface area (Å²) in [5.74, 6) is 0. The van der Waals surface area contributed by atoms with Gasteiger partial charge in [-0.25, -0.2) is 0 Å². The third-order valence-electron chi connectivity index (χ3n) is 5.06. The molecule has 0 aromatic heterocycles. The highest BCUT2D eigenvalue weighted by Gasteiger charge is 2.38. The standard InChI is InChI=1S/C20H25N/c1-15-6-10-17(11-7-15)20(3,19-5-4-14-21-19)18-12-8-16(2)9-13-18/h6-13,19,21H,4-5,14H2,1-3H3/t19-/m1/s1. The fraction of sp³-hybridized carbons (Fsp3) is 0.400. The van der Waals surface area contributed by atoms with Crippen molar-refractivity contribution in [3.8, 4) is 0 Å². The highest BCUT2D eigenvalue weighted by molar-refractivity contribution is 5.42. The molecule has 1 heteroatoms. The second-order valence-corrected chi connectivity index (χ2v) is 6.58. The van der Waals surface area contributed by atoms with Crippen LogP contribution in [0.1, 0.15) is 42.0 Å². The van der Waals surface area contributed by atoms with Crippen LogP contribution in [0, 0.1) is 13.8 Å². The van der Waals surface area contributed by atoms with Crippen molar-refractivity contribution in [3.05, 3.63) is 70.8 Å². The Morgan fingerprint density at radius 1 is 0.857 bits per heavy atom. The second kappa shape index (κ2) is 5.65. The van der Waals surface area contributed by atoms with Crippen molar-refractivity contribution < 1.29 is 0 Å². The molecule has 1 fully saturated rings. The summed E-state index contributed by atoms with van der Waals surface area (Å²) in [5, 5.41) is 3.72. The molecule has 1 heterocycles. The van der Waals surface area contributed by atoms with Gasteiger partial charge < -0.3 is 5.32 Å². The van der Waals surface area contributed by atoms with E-state index < -0.39 is 0 Å². The Kier molecular flexibility index (Phi) is 3.86. The molecule has 0 bridgehead atoms. The monoisotopic (exact) mass is 279 g/mol. The summed E-state index contributed by atoms with van der Waals surface area (Å²) in [6, 6.07) is 18.7. The van der Waals surface area contributed by atoms with Crippen molar-refractivity contribution >= 4 is 0 Å². The minimum absolute atomic E-state index is 0.0396. The van der Waals surface area contributed by atoms with E-state index in [1.807, 2.05) is 0 Å².